The van der Waals surface area contributed by atoms with E-state index in [-0.39, 0.29) is 5.75 Å². The van der Waals surface area contributed by atoms with Gasteiger partial charge in [-0.3, -0.25) is 4.99 Å². The molecular weight excluding hydrogens is 384 g/mol. The van der Waals surface area contributed by atoms with Gasteiger partial charge in [0.05, 0.1) is 25.5 Å². The molecule has 0 saturated carbocycles. The Morgan fingerprint density at radius 3 is 2.64 bits per heavy atom. The second-order valence-corrected chi connectivity index (χ2v) is 6.56. The van der Waals surface area contributed by atoms with Crippen LogP contribution in [0, 0.1) is 0 Å². The zero-order chi connectivity index (χ0) is 17.6. The Bertz CT molecular complexity index is 741. The minimum atomic E-state index is 0.0961. The van der Waals surface area contributed by atoms with Crippen molar-refractivity contribution >= 4 is 33.5 Å². The Balaban J connectivity index is 1.75. The molecule has 6 heteroatoms. The van der Waals surface area contributed by atoms with Gasteiger partial charge in [0.25, 0.3) is 0 Å². The Morgan fingerprint density at radius 1 is 1.24 bits per heavy atom. The van der Waals surface area contributed by atoms with Crippen molar-refractivity contribution in [2.45, 2.75) is 6.92 Å². The molecule has 5 nitrogen and oxygen atoms in total. The number of aromatic hydroxyl groups is 1. The number of phenols is 1. The number of ether oxygens (including phenoxy) is 2. The van der Waals surface area contributed by atoms with Gasteiger partial charge in [-0.2, -0.15) is 0 Å². The summed E-state index contributed by atoms with van der Waals surface area (Å²) >= 11 is 3.43. The number of anilines is 1. The summed E-state index contributed by atoms with van der Waals surface area (Å²) in [6.07, 6.45) is 1.65. The maximum absolute atomic E-state index is 10.3. The molecule has 2 aromatic carbocycles. The van der Waals surface area contributed by atoms with Crippen LogP contribution in [0.1, 0.15) is 12.5 Å². The SMILES string of the molecule is CCOc1cc(Br)cc(C=Nc2ccc(N3CCOCC3)cc2)c1O. The van der Waals surface area contributed by atoms with Gasteiger partial charge in [0.1, 0.15) is 0 Å². The number of aliphatic imine (C=N–C) groups is 1. The molecule has 132 valence electrons. The standard InChI is InChI=1S/C19H21BrN2O3/c1-2-25-18-12-15(20)11-14(19(18)23)13-21-16-3-5-17(6-4-16)22-7-9-24-10-8-22/h3-6,11-13,23H,2,7-10H2,1H3. The number of morpholine rings is 1. The zero-order valence-corrected chi connectivity index (χ0v) is 15.7. The fourth-order valence-corrected chi connectivity index (χ4v) is 3.13. The van der Waals surface area contributed by atoms with Crippen LogP contribution in [0.5, 0.6) is 11.5 Å². The van der Waals surface area contributed by atoms with E-state index in [1.54, 1.807) is 12.3 Å². The van der Waals surface area contributed by atoms with Gasteiger partial charge >= 0.3 is 0 Å². The second-order valence-electron chi connectivity index (χ2n) is 5.65. The van der Waals surface area contributed by atoms with Crippen LogP contribution < -0.4 is 9.64 Å². The highest BCUT2D eigenvalue weighted by Gasteiger charge is 2.11. The van der Waals surface area contributed by atoms with Gasteiger partial charge in [-0.15, -0.1) is 0 Å². The number of hydrogen-bond donors (Lipinski definition) is 1. The fraction of sp³-hybridized carbons (Fsp3) is 0.316. The molecule has 1 saturated heterocycles. The van der Waals surface area contributed by atoms with Gasteiger partial charge < -0.3 is 19.5 Å². The molecular formula is C19H21BrN2O3. The van der Waals surface area contributed by atoms with Crippen molar-refractivity contribution < 1.29 is 14.6 Å². The van der Waals surface area contributed by atoms with E-state index in [0.29, 0.717) is 17.9 Å². The van der Waals surface area contributed by atoms with E-state index in [0.717, 1.165) is 36.5 Å². The third kappa shape index (κ3) is 4.52. The Kier molecular flexibility index (Phi) is 5.94. The monoisotopic (exact) mass is 404 g/mol. The molecule has 0 spiro atoms. The molecule has 3 rings (SSSR count). The van der Waals surface area contributed by atoms with Crippen LogP contribution in [0.25, 0.3) is 0 Å². The number of nitrogens with zero attached hydrogens (tertiary/aromatic N) is 2. The fourth-order valence-electron chi connectivity index (χ4n) is 2.67. The molecule has 1 aliphatic heterocycles. The van der Waals surface area contributed by atoms with Crippen LogP contribution in [0.15, 0.2) is 45.9 Å². The maximum Gasteiger partial charge on any atom is 0.166 e. The molecule has 0 amide bonds. The van der Waals surface area contributed by atoms with Gasteiger partial charge in [-0.05, 0) is 43.3 Å². The molecule has 0 bridgehead atoms. The van der Waals surface area contributed by atoms with Crippen LogP contribution in [-0.4, -0.2) is 44.2 Å². The molecule has 0 radical (unpaired) electrons. The predicted molar refractivity (Wildman–Crippen MR) is 104 cm³/mol. The Labute approximate surface area is 156 Å². The number of phenolic OH excluding ortho intramolecular Hbond substituents is 1. The van der Waals surface area contributed by atoms with E-state index in [4.69, 9.17) is 9.47 Å². The normalized spacial score (nSPS) is 14.9. The predicted octanol–water partition coefficient (Wildman–Crippen LogP) is 4.14. The smallest absolute Gasteiger partial charge is 0.166 e. The number of rotatable bonds is 5. The first kappa shape index (κ1) is 17.8. The molecule has 2 aromatic rings. The summed E-state index contributed by atoms with van der Waals surface area (Å²) in [7, 11) is 0. The van der Waals surface area contributed by atoms with E-state index in [9.17, 15) is 5.11 Å². The lowest BCUT2D eigenvalue weighted by molar-refractivity contribution is 0.122. The summed E-state index contributed by atoms with van der Waals surface area (Å²) in [6, 6.07) is 11.6. The van der Waals surface area contributed by atoms with Gasteiger partial charge in [-0.25, -0.2) is 0 Å². The van der Waals surface area contributed by atoms with Gasteiger partial charge in [0.2, 0.25) is 0 Å². The average molecular weight is 405 g/mol. The third-order valence-electron chi connectivity index (χ3n) is 3.95. The Morgan fingerprint density at radius 2 is 1.96 bits per heavy atom. The van der Waals surface area contributed by atoms with Crippen molar-refractivity contribution in [2.24, 2.45) is 4.99 Å². The van der Waals surface area contributed by atoms with E-state index in [1.807, 2.05) is 25.1 Å². The van der Waals surface area contributed by atoms with Crippen LogP contribution in [-0.2, 0) is 4.74 Å². The first-order valence-electron chi connectivity index (χ1n) is 8.29. The molecule has 0 unspecified atom stereocenters. The van der Waals surface area contributed by atoms with Crippen molar-refractivity contribution in [3.05, 3.63) is 46.4 Å². The largest absolute Gasteiger partial charge is 0.504 e. The molecule has 1 N–H and O–H groups in total. The molecule has 1 aliphatic rings. The van der Waals surface area contributed by atoms with Gasteiger partial charge in [0, 0.05) is 35.0 Å². The van der Waals surface area contributed by atoms with Gasteiger partial charge in [0.15, 0.2) is 11.5 Å². The lowest BCUT2D eigenvalue weighted by Crippen LogP contribution is -2.36. The first-order valence-corrected chi connectivity index (χ1v) is 9.09. The summed E-state index contributed by atoms with van der Waals surface area (Å²) in [4.78, 5) is 6.76. The van der Waals surface area contributed by atoms with Crippen molar-refractivity contribution in [3.63, 3.8) is 0 Å². The first-order chi connectivity index (χ1) is 12.2. The number of halogens is 1. The maximum atomic E-state index is 10.3. The lowest BCUT2D eigenvalue weighted by atomic mass is 10.2. The zero-order valence-electron chi connectivity index (χ0n) is 14.1. The Hall–Kier alpha value is -2.05. The molecule has 1 heterocycles. The van der Waals surface area contributed by atoms with Crippen molar-refractivity contribution in [3.8, 4) is 11.5 Å². The van der Waals surface area contributed by atoms with E-state index < -0.39 is 0 Å². The van der Waals surface area contributed by atoms with Crippen LogP contribution in [0.4, 0.5) is 11.4 Å². The quantitative estimate of drug-likeness (QED) is 0.760. The summed E-state index contributed by atoms with van der Waals surface area (Å²) in [5.74, 6) is 0.541. The summed E-state index contributed by atoms with van der Waals surface area (Å²) < 4.78 is 11.6. The van der Waals surface area contributed by atoms with Crippen LogP contribution in [0.2, 0.25) is 0 Å². The van der Waals surface area contributed by atoms with Crippen molar-refractivity contribution in [1.82, 2.24) is 0 Å². The molecule has 0 atom stereocenters. The van der Waals surface area contributed by atoms with Crippen molar-refractivity contribution in [2.75, 3.05) is 37.8 Å². The molecule has 1 fully saturated rings. The summed E-state index contributed by atoms with van der Waals surface area (Å²) in [5, 5.41) is 10.3. The van der Waals surface area contributed by atoms with Gasteiger partial charge in [-0.1, -0.05) is 15.9 Å². The topological polar surface area (TPSA) is 54.3 Å². The highest BCUT2D eigenvalue weighted by Crippen LogP contribution is 2.33. The summed E-state index contributed by atoms with van der Waals surface area (Å²) in [6.45, 7) is 5.73. The highest BCUT2D eigenvalue weighted by atomic mass is 79.9. The third-order valence-corrected chi connectivity index (χ3v) is 4.41. The van der Waals surface area contributed by atoms with Crippen molar-refractivity contribution in [1.29, 1.82) is 0 Å². The van der Waals surface area contributed by atoms with Crippen LogP contribution in [0.3, 0.4) is 0 Å². The number of benzene rings is 2. The minimum absolute atomic E-state index is 0.0961. The minimum Gasteiger partial charge on any atom is -0.504 e. The van der Waals surface area contributed by atoms with E-state index >= 15 is 0 Å². The molecule has 0 aromatic heterocycles. The highest BCUT2D eigenvalue weighted by molar-refractivity contribution is 9.10. The average Bonchev–Trinajstić information content (AvgIpc) is 2.64. The van der Waals surface area contributed by atoms with E-state index in [2.05, 4.69) is 38.0 Å². The molecule has 0 aliphatic carbocycles. The molecule has 25 heavy (non-hydrogen) atoms. The number of hydrogen-bond acceptors (Lipinski definition) is 5. The van der Waals surface area contributed by atoms with Crippen LogP contribution >= 0.6 is 15.9 Å². The second kappa shape index (κ2) is 8.36. The lowest BCUT2D eigenvalue weighted by Gasteiger charge is -2.28. The summed E-state index contributed by atoms with van der Waals surface area (Å²) in [5.41, 5.74) is 2.61. The van der Waals surface area contributed by atoms with E-state index in [1.165, 1.54) is 5.69 Å².